The Kier molecular flexibility index (Phi) is 2.33. The van der Waals surface area contributed by atoms with Gasteiger partial charge in [0.05, 0.1) is 0 Å². The van der Waals surface area contributed by atoms with Crippen LogP contribution in [0.15, 0.2) is 51.9 Å². The van der Waals surface area contributed by atoms with E-state index < -0.39 is 0 Å². The van der Waals surface area contributed by atoms with Crippen molar-refractivity contribution in [3.63, 3.8) is 0 Å². The summed E-state index contributed by atoms with van der Waals surface area (Å²) in [5.41, 5.74) is 1.62. The van der Waals surface area contributed by atoms with Crippen molar-refractivity contribution in [2.45, 2.75) is 0 Å². The first-order valence-electron chi connectivity index (χ1n) is 5.07. The summed E-state index contributed by atoms with van der Waals surface area (Å²) in [5.74, 6) is 0.771. The van der Waals surface area contributed by atoms with E-state index in [9.17, 15) is 4.79 Å². The molecule has 17 heavy (non-hydrogen) atoms. The maximum Gasteiger partial charge on any atom is 0.183 e. The van der Waals surface area contributed by atoms with Gasteiger partial charge in [0, 0.05) is 28.4 Å². The van der Waals surface area contributed by atoms with Gasteiger partial charge in [-0.1, -0.05) is 34.1 Å². The largest absolute Gasteiger partial charge is 0.290 e. The fourth-order valence-electron chi connectivity index (χ4n) is 1.75. The van der Waals surface area contributed by atoms with Gasteiger partial charge in [-0.15, -0.1) is 0 Å². The van der Waals surface area contributed by atoms with E-state index in [4.69, 9.17) is 0 Å². The molecule has 4 nitrogen and oxygen atoms in total. The van der Waals surface area contributed by atoms with E-state index in [2.05, 4.69) is 26.1 Å². The third-order valence-electron chi connectivity index (χ3n) is 2.55. The third-order valence-corrected chi connectivity index (χ3v) is 3.24. The molecule has 3 rings (SSSR count). The Bertz CT molecular complexity index is 745. The van der Waals surface area contributed by atoms with Gasteiger partial charge in [-0.3, -0.25) is 14.3 Å². The molecule has 2 heterocycles. The quantitative estimate of drug-likeness (QED) is 0.748. The molecular weight excluding hydrogens is 282 g/mol. The second-order valence-corrected chi connectivity index (χ2v) is 4.50. The van der Waals surface area contributed by atoms with Crippen LogP contribution in [0.3, 0.4) is 0 Å². The summed E-state index contributed by atoms with van der Waals surface area (Å²) in [6, 6.07) is 10.9. The standard InChI is InChI=1S/C12H8BrN3O/c13-10-4-2-1-3-9(10)12-15-14-11-7-8(17)5-6-16(11)12/h1-7,14H. The van der Waals surface area contributed by atoms with Crippen LogP contribution in [0.5, 0.6) is 0 Å². The van der Waals surface area contributed by atoms with Crippen LogP contribution in [0.25, 0.3) is 17.0 Å². The van der Waals surface area contributed by atoms with Crippen molar-refractivity contribution in [3.05, 3.63) is 57.3 Å². The number of benzene rings is 1. The highest BCUT2D eigenvalue weighted by molar-refractivity contribution is 9.10. The Morgan fingerprint density at radius 3 is 2.88 bits per heavy atom. The van der Waals surface area contributed by atoms with Crippen LogP contribution in [-0.2, 0) is 0 Å². The minimum Gasteiger partial charge on any atom is -0.290 e. The number of hydrogen-bond donors (Lipinski definition) is 1. The zero-order valence-electron chi connectivity index (χ0n) is 8.72. The van der Waals surface area contributed by atoms with Crippen molar-refractivity contribution in [3.8, 4) is 11.4 Å². The highest BCUT2D eigenvalue weighted by Gasteiger charge is 2.09. The molecule has 0 amide bonds. The number of halogens is 1. The number of fused-ring (bicyclic) bond motifs is 1. The molecule has 0 saturated heterocycles. The fourth-order valence-corrected chi connectivity index (χ4v) is 2.21. The summed E-state index contributed by atoms with van der Waals surface area (Å²) >= 11 is 3.49. The van der Waals surface area contributed by atoms with Gasteiger partial charge < -0.3 is 0 Å². The Labute approximate surface area is 105 Å². The lowest BCUT2D eigenvalue weighted by Gasteiger charge is -2.01. The molecule has 0 bridgehead atoms. The molecule has 0 aliphatic carbocycles. The molecule has 0 fully saturated rings. The zero-order valence-corrected chi connectivity index (χ0v) is 10.3. The van der Waals surface area contributed by atoms with E-state index in [1.807, 2.05) is 28.7 Å². The number of hydrogen-bond acceptors (Lipinski definition) is 2. The van der Waals surface area contributed by atoms with Crippen LogP contribution in [-0.4, -0.2) is 14.6 Å². The van der Waals surface area contributed by atoms with Gasteiger partial charge in [-0.25, -0.2) is 0 Å². The minimum absolute atomic E-state index is 0.0349. The van der Waals surface area contributed by atoms with Crippen molar-refractivity contribution in [2.24, 2.45) is 0 Å². The van der Waals surface area contributed by atoms with Crippen molar-refractivity contribution >= 4 is 21.6 Å². The van der Waals surface area contributed by atoms with Gasteiger partial charge in [0.2, 0.25) is 0 Å². The first-order valence-corrected chi connectivity index (χ1v) is 5.87. The molecule has 0 radical (unpaired) electrons. The number of pyridine rings is 1. The lowest BCUT2D eigenvalue weighted by Crippen LogP contribution is -1.99. The van der Waals surface area contributed by atoms with Crippen LogP contribution < -0.4 is 5.43 Å². The first-order chi connectivity index (χ1) is 8.25. The van der Waals surface area contributed by atoms with Crippen LogP contribution in [0.2, 0.25) is 0 Å². The van der Waals surface area contributed by atoms with E-state index in [1.54, 1.807) is 6.20 Å². The molecule has 5 heteroatoms. The predicted molar refractivity (Wildman–Crippen MR) is 68.9 cm³/mol. The minimum atomic E-state index is -0.0349. The number of H-pyrrole nitrogens is 1. The Morgan fingerprint density at radius 1 is 1.24 bits per heavy atom. The second kappa shape index (κ2) is 3.85. The molecule has 0 aliphatic rings. The van der Waals surface area contributed by atoms with Crippen molar-refractivity contribution in [1.29, 1.82) is 0 Å². The number of aromatic nitrogens is 3. The Morgan fingerprint density at radius 2 is 2.06 bits per heavy atom. The Balaban J connectivity index is 2.32. The zero-order chi connectivity index (χ0) is 11.8. The first kappa shape index (κ1) is 10.3. The van der Waals surface area contributed by atoms with E-state index in [1.165, 1.54) is 12.1 Å². The summed E-state index contributed by atoms with van der Waals surface area (Å²) in [4.78, 5) is 11.2. The van der Waals surface area contributed by atoms with Gasteiger partial charge in [0.1, 0.15) is 5.65 Å². The maximum absolute atomic E-state index is 11.2. The second-order valence-electron chi connectivity index (χ2n) is 3.64. The van der Waals surface area contributed by atoms with Crippen LogP contribution in [0.1, 0.15) is 0 Å². The highest BCUT2D eigenvalue weighted by atomic mass is 79.9. The molecule has 0 atom stereocenters. The van der Waals surface area contributed by atoms with E-state index in [0.29, 0.717) is 5.65 Å². The molecule has 2 aromatic heterocycles. The van der Waals surface area contributed by atoms with Crippen molar-refractivity contribution in [2.75, 3.05) is 0 Å². The highest BCUT2D eigenvalue weighted by Crippen LogP contribution is 2.26. The van der Waals surface area contributed by atoms with E-state index in [0.717, 1.165) is 15.9 Å². The SMILES string of the molecule is O=c1ccn2c(-c3ccccc3Br)n[nH]c2c1. The topological polar surface area (TPSA) is 50.2 Å². The molecule has 0 spiro atoms. The third kappa shape index (κ3) is 1.68. The average molecular weight is 290 g/mol. The van der Waals surface area contributed by atoms with Gasteiger partial charge in [-0.2, -0.15) is 5.10 Å². The predicted octanol–water partition coefficient (Wildman–Crippen LogP) is 2.45. The van der Waals surface area contributed by atoms with E-state index >= 15 is 0 Å². The average Bonchev–Trinajstić information content (AvgIpc) is 2.72. The smallest absolute Gasteiger partial charge is 0.183 e. The number of nitrogens with one attached hydrogen (secondary N) is 1. The lowest BCUT2D eigenvalue weighted by molar-refractivity contribution is 1.11. The molecule has 1 aromatic carbocycles. The normalized spacial score (nSPS) is 10.9. The molecule has 0 aliphatic heterocycles. The monoisotopic (exact) mass is 289 g/mol. The van der Waals surface area contributed by atoms with Crippen LogP contribution in [0.4, 0.5) is 0 Å². The maximum atomic E-state index is 11.2. The molecule has 3 aromatic rings. The fraction of sp³-hybridized carbons (Fsp3) is 0. The number of nitrogens with zero attached hydrogens (tertiary/aromatic N) is 2. The van der Waals surface area contributed by atoms with Gasteiger partial charge in [-0.05, 0) is 6.07 Å². The number of aromatic amines is 1. The van der Waals surface area contributed by atoms with E-state index in [-0.39, 0.29) is 5.43 Å². The Hall–Kier alpha value is -1.88. The summed E-state index contributed by atoms with van der Waals surface area (Å²) < 4.78 is 2.81. The van der Waals surface area contributed by atoms with Gasteiger partial charge in [0.25, 0.3) is 0 Å². The summed E-state index contributed by atoms with van der Waals surface area (Å²) in [7, 11) is 0. The van der Waals surface area contributed by atoms with Gasteiger partial charge >= 0.3 is 0 Å². The number of rotatable bonds is 1. The van der Waals surface area contributed by atoms with Crippen LogP contribution in [0, 0.1) is 0 Å². The van der Waals surface area contributed by atoms with Crippen LogP contribution >= 0.6 is 15.9 Å². The molecule has 0 unspecified atom stereocenters. The molecule has 84 valence electrons. The summed E-state index contributed by atoms with van der Waals surface area (Å²) in [6.07, 6.45) is 1.72. The lowest BCUT2D eigenvalue weighted by atomic mass is 10.2. The summed E-state index contributed by atoms with van der Waals surface area (Å²) in [5, 5.41) is 7.08. The molecular formula is C12H8BrN3O. The molecule has 1 N–H and O–H groups in total. The molecule has 0 saturated carbocycles. The van der Waals surface area contributed by atoms with Crippen molar-refractivity contribution in [1.82, 2.24) is 14.6 Å². The summed E-state index contributed by atoms with van der Waals surface area (Å²) in [6.45, 7) is 0. The van der Waals surface area contributed by atoms with Crippen molar-refractivity contribution < 1.29 is 0 Å². The van der Waals surface area contributed by atoms with Gasteiger partial charge in [0.15, 0.2) is 11.3 Å².